The summed E-state index contributed by atoms with van der Waals surface area (Å²) in [4.78, 5) is 21.9. The van der Waals surface area contributed by atoms with Gasteiger partial charge in [0.25, 0.3) is 0 Å². The topological polar surface area (TPSA) is 63.6 Å². The number of cyclic esters (lactones) is 1. The fraction of sp³-hybridized carbons (Fsp3) is 0.818. The van der Waals surface area contributed by atoms with Gasteiger partial charge in [0.1, 0.15) is 12.4 Å². The van der Waals surface area contributed by atoms with Gasteiger partial charge >= 0.3 is 5.97 Å². The molecule has 15 heavy (non-hydrogen) atoms. The predicted octanol–water partition coefficient (Wildman–Crippen LogP) is 0.914. The molecule has 0 spiro atoms. The standard InChI is InChI=1S/C11H18O4/c1-7-3-4-10(8(2)6-12)15-11(14)5-9(7)13/h6-10,13H,3-5H2,1-2H3/t7-,8+,9+,10-/m0/s1. The molecule has 1 N–H and O–H groups in total. The van der Waals surface area contributed by atoms with Crippen LogP contribution in [0.4, 0.5) is 0 Å². The lowest BCUT2D eigenvalue weighted by atomic mass is 9.90. The Labute approximate surface area is 89.6 Å². The second-order valence-electron chi connectivity index (χ2n) is 4.35. The first-order valence-electron chi connectivity index (χ1n) is 5.37. The number of aldehydes is 1. The summed E-state index contributed by atoms with van der Waals surface area (Å²) in [7, 11) is 0. The number of carbonyl (C=O) groups excluding carboxylic acids is 2. The number of hydrogen-bond acceptors (Lipinski definition) is 4. The SMILES string of the molecule is C[C@H](C=O)[C@@H]1CC[C@H](C)[C@H](O)CC(=O)O1. The van der Waals surface area contributed by atoms with E-state index in [2.05, 4.69) is 0 Å². The van der Waals surface area contributed by atoms with Crippen LogP contribution in [0.15, 0.2) is 0 Å². The maximum atomic E-state index is 11.3. The van der Waals surface area contributed by atoms with Gasteiger partial charge in [0.15, 0.2) is 0 Å². The summed E-state index contributed by atoms with van der Waals surface area (Å²) in [5.41, 5.74) is 0. The molecule has 1 aliphatic heterocycles. The van der Waals surface area contributed by atoms with Gasteiger partial charge in [-0.1, -0.05) is 13.8 Å². The van der Waals surface area contributed by atoms with Crippen LogP contribution in [0, 0.1) is 11.8 Å². The summed E-state index contributed by atoms with van der Waals surface area (Å²) in [5.74, 6) is -0.594. The third-order valence-corrected chi connectivity index (χ3v) is 3.02. The molecule has 0 unspecified atom stereocenters. The highest BCUT2D eigenvalue weighted by Gasteiger charge is 2.28. The summed E-state index contributed by atoms with van der Waals surface area (Å²) < 4.78 is 5.13. The van der Waals surface area contributed by atoms with E-state index < -0.39 is 12.1 Å². The summed E-state index contributed by atoms with van der Waals surface area (Å²) in [6.07, 6.45) is 1.31. The number of carbonyl (C=O) groups is 2. The zero-order valence-electron chi connectivity index (χ0n) is 9.18. The summed E-state index contributed by atoms with van der Waals surface area (Å²) in [5, 5.41) is 9.56. The Morgan fingerprint density at radius 2 is 2.20 bits per heavy atom. The van der Waals surface area contributed by atoms with E-state index >= 15 is 0 Å². The van der Waals surface area contributed by atoms with Crippen LogP contribution in [0.2, 0.25) is 0 Å². The monoisotopic (exact) mass is 214 g/mol. The Morgan fingerprint density at radius 3 is 2.80 bits per heavy atom. The van der Waals surface area contributed by atoms with Crippen molar-refractivity contribution in [2.24, 2.45) is 11.8 Å². The summed E-state index contributed by atoms with van der Waals surface area (Å²) in [6.45, 7) is 3.65. The van der Waals surface area contributed by atoms with Crippen LogP contribution in [0.3, 0.4) is 0 Å². The van der Waals surface area contributed by atoms with E-state index in [0.29, 0.717) is 6.42 Å². The van der Waals surface area contributed by atoms with Crippen LogP contribution in [-0.4, -0.2) is 29.6 Å². The van der Waals surface area contributed by atoms with Crippen molar-refractivity contribution >= 4 is 12.3 Å². The molecule has 4 atom stereocenters. The van der Waals surface area contributed by atoms with E-state index in [1.807, 2.05) is 6.92 Å². The quantitative estimate of drug-likeness (QED) is 0.548. The molecule has 0 bridgehead atoms. The number of hydrogen-bond donors (Lipinski definition) is 1. The summed E-state index contributed by atoms with van der Waals surface area (Å²) >= 11 is 0. The van der Waals surface area contributed by atoms with Gasteiger partial charge in [-0.2, -0.15) is 0 Å². The van der Waals surface area contributed by atoms with Crippen molar-refractivity contribution in [3.8, 4) is 0 Å². The fourth-order valence-corrected chi connectivity index (χ4v) is 1.73. The highest BCUT2D eigenvalue weighted by molar-refractivity contribution is 5.70. The van der Waals surface area contributed by atoms with Crippen LogP contribution in [-0.2, 0) is 14.3 Å². The number of ether oxygens (including phenoxy) is 1. The molecule has 1 aliphatic rings. The van der Waals surface area contributed by atoms with Gasteiger partial charge in [0.05, 0.1) is 12.5 Å². The predicted molar refractivity (Wildman–Crippen MR) is 54.1 cm³/mol. The van der Waals surface area contributed by atoms with E-state index in [9.17, 15) is 14.7 Å². The van der Waals surface area contributed by atoms with Crippen LogP contribution in [0.1, 0.15) is 33.1 Å². The van der Waals surface area contributed by atoms with Crippen molar-refractivity contribution in [2.75, 3.05) is 0 Å². The van der Waals surface area contributed by atoms with Gasteiger partial charge in [-0.15, -0.1) is 0 Å². The Morgan fingerprint density at radius 1 is 1.53 bits per heavy atom. The Balaban J connectivity index is 2.63. The Hall–Kier alpha value is -0.900. The minimum absolute atomic E-state index is 0.0310. The van der Waals surface area contributed by atoms with Crippen LogP contribution in [0.25, 0.3) is 0 Å². The number of aliphatic hydroxyl groups is 1. The van der Waals surface area contributed by atoms with E-state index in [1.54, 1.807) is 6.92 Å². The lowest BCUT2D eigenvalue weighted by molar-refractivity contribution is -0.157. The first-order chi connectivity index (χ1) is 7.04. The van der Waals surface area contributed by atoms with Gasteiger partial charge in [-0.3, -0.25) is 4.79 Å². The van der Waals surface area contributed by atoms with Crippen molar-refractivity contribution in [1.82, 2.24) is 0 Å². The van der Waals surface area contributed by atoms with Crippen LogP contribution >= 0.6 is 0 Å². The highest BCUT2D eigenvalue weighted by Crippen LogP contribution is 2.23. The minimum atomic E-state index is -0.620. The lowest BCUT2D eigenvalue weighted by Gasteiger charge is -2.27. The smallest absolute Gasteiger partial charge is 0.308 e. The van der Waals surface area contributed by atoms with Crippen molar-refractivity contribution < 1.29 is 19.4 Å². The Kier molecular flexibility index (Phi) is 4.27. The molecular weight excluding hydrogens is 196 g/mol. The molecule has 86 valence electrons. The molecule has 0 aliphatic carbocycles. The van der Waals surface area contributed by atoms with E-state index in [4.69, 9.17) is 4.74 Å². The van der Waals surface area contributed by atoms with Crippen molar-refractivity contribution in [3.05, 3.63) is 0 Å². The van der Waals surface area contributed by atoms with Crippen molar-refractivity contribution in [3.63, 3.8) is 0 Å². The molecule has 0 amide bonds. The molecule has 4 nitrogen and oxygen atoms in total. The van der Waals surface area contributed by atoms with Gasteiger partial charge in [-0.05, 0) is 18.8 Å². The zero-order chi connectivity index (χ0) is 11.4. The number of esters is 1. The van der Waals surface area contributed by atoms with E-state index in [-0.39, 0.29) is 24.4 Å². The van der Waals surface area contributed by atoms with Crippen molar-refractivity contribution in [1.29, 1.82) is 0 Å². The maximum absolute atomic E-state index is 11.3. The molecule has 1 rings (SSSR count). The van der Waals surface area contributed by atoms with E-state index in [0.717, 1.165) is 12.7 Å². The highest BCUT2D eigenvalue weighted by atomic mass is 16.5. The van der Waals surface area contributed by atoms with Crippen molar-refractivity contribution in [2.45, 2.75) is 45.3 Å². The second kappa shape index (κ2) is 5.26. The minimum Gasteiger partial charge on any atom is -0.462 e. The van der Waals surface area contributed by atoms with E-state index in [1.165, 1.54) is 0 Å². The summed E-state index contributed by atoms with van der Waals surface area (Å²) in [6, 6.07) is 0. The molecule has 1 fully saturated rings. The zero-order valence-corrected chi connectivity index (χ0v) is 9.18. The average Bonchev–Trinajstić information content (AvgIpc) is 2.20. The Bertz CT molecular complexity index is 239. The lowest BCUT2D eigenvalue weighted by Crippen LogP contribution is -2.33. The number of rotatable bonds is 2. The molecule has 0 aromatic carbocycles. The molecule has 0 aromatic heterocycles. The largest absolute Gasteiger partial charge is 0.462 e. The maximum Gasteiger partial charge on any atom is 0.308 e. The molecule has 0 radical (unpaired) electrons. The molecule has 1 saturated heterocycles. The molecule has 4 heteroatoms. The number of aliphatic hydroxyl groups excluding tert-OH is 1. The first kappa shape index (κ1) is 12.2. The van der Waals surface area contributed by atoms with Gasteiger partial charge < -0.3 is 14.6 Å². The van der Waals surface area contributed by atoms with Gasteiger partial charge in [0, 0.05) is 5.92 Å². The fourth-order valence-electron chi connectivity index (χ4n) is 1.73. The molecule has 0 saturated carbocycles. The second-order valence-corrected chi connectivity index (χ2v) is 4.35. The van der Waals surface area contributed by atoms with Gasteiger partial charge in [0.2, 0.25) is 0 Å². The molecule has 1 heterocycles. The average molecular weight is 214 g/mol. The third kappa shape index (κ3) is 3.30. The van der Waals surface area contributed by atoms with Crippen LogP contribution in [0.5, 0.6) is 0 Å². The normalized spacial score (nSPS) is 34.9. The molecular formula is C11H18O4. The molecule has 0 aromatic rings. The first-order valence-corrected chi connectivity index (χ1v) is 5.37. The van der Waals surface area contributed by atoms with Gasteiger partial charge in [-0.25, -0.2) is 0 Å². The van der Waals surface area contributed by atoms with Crippen LogP contribution < -0.4 is 0 Å². The third-order valence-electron chi connectivity index (χ3n) is 3.02.